The van der Waals surface area contributed by atoms with Crippen LogP contribution in [0.15, 0.2) is 60.7 Å². The molecular formula is C24H28O2S. The van der Waals surface area contributed by atoms with E-state index in [0.717, 1.165) is 11.1 Å². The predicted molar refractivity (Wildman–Crippen MR) is 117 cm³/mol. The van der Waals surface area contributed by atoms with E-state index in [9.17, 15) is 9.00 Å². The van der Waals surface area contributed by atoms with Crippen LogP contribution in [0.2, 0.25) is 0 Å². The lowest BCUT2D eigenvalue weighted by Gasteiger charge is -2.30. The molecule has 0 aromatic heterocycles. The summed E-state index contributed by atoms with van der Waals surface area (Å²) in [7, 11) is -2.54. The van der Waals surface area contributed by atoms with Gasteiger partial charge in [-0.2, -0.15) is 0 Å². The van der Waals surface area contributed by atoms with Gasteiger partial charge < -0.3 is 0 Å². The van der Waals surface area contributed by atoms with E-state index in [4.69, 9.17) is 0 Å². The Morgan fingerprint density at radius 3 is 1.56 bits per heavy atom. The first kappa shape index (κ1) is 21.0. The van der Waals surface area contributed by atoms with Gasteiger partial charge in [0.05, 0.1) is 5.41 Å². The normalized spacial score (nSPS) is 12.1. The molecule has 0 heterocycles. The number of hydrogen-bond acceptors (Lipinski definition) is 2. The summed E-state index contributed by atoms with van der Waals surface area (Å²) >= 11 is 0. The first-order valence-electron chi connectivity index (χ1n) is 8.96. The van der Waals surface area contributed by atoms with Gasteiger partial charge in [-0.05, 0) is 48.3 Å². The van der Waals surface area contributed by atoms with Gasteiger partial charge >= 0.3 is 0 Å². The number of carbonyl (C=O) groups is 1. The molecule has 0 atom stereocenters. The zero-order valence-corrected chi connectivity index (χ0v) is 17.8. The van der Waals surface area contributed by atoms with Crippen molar-refractivity contribution in [1.82, 2.24) is 0 Å². The molecule has 2 nitrogen and oxygen atoms in total. The average Bonchev–Trinajstić information content (AvgIpc) is 2.60. The minimum absolute atomic E-state index is 0.202. The van der Waals surface area contributed by atoms with Crippen molar-refractivity contribution < 1.29 is 9.00 Å². The summed E-state index contributed by atoms with van der Waals surface area (Å²) in [6, 6.07) is 19.3. The molecule has 0 N–H and O–H groups in total. The lowest BCUT2D eigenvalue weighted by molar-refractivity contribution is -0.116. The van der Waals surface area contributed by atoms with Crippen LogP contribution >= 0.6 is 0 Å². The summed E-state index contributed by atoms with van der Waals surface area (Å²) < 4.78 is 13.0. The van der Waals surface area contributed by atoms with Crippen LogP contribution in [0, 0.1) is 17.3 Å². The summed E-state index contributed by atoms with van der Waals surface area (Å²) in [5, 5.41) is 0. The van der Waals surface area contributed by atoms with Gasteiger partial charge in [-0.3, -0.25) is 9.00 Å². The van der Waals surface area contributed by atoms with Gasteiger partial charge in [0, 0.05) is 17.9 Å². The van der Waals surface area contributed by atoms with Crippen molar-refractivity contribution in [2.24, 2.45) is 5.41 Å². The molecule has 0 saturated carbocycles. The molecule has 0 saturated heterocycles. The van der Waals surface area contributed by atoms with Gasteiger partial charge in [-0.15, -0.1) is 0 Å². The fourth-order valence-corrected chi connectivity index (χ4v) is 3.79. The van der Waals surface area contributed by atoms with Crippen molar-refractivity contribution in [3.05, 3.63) is 71.8 Å². The first-order chi connectivity index (χ1) is 12.5. The average molecular weight is 381 g/mol. The van der Waals surface area contributed by atoms with E-state index >= 15 is 0 Å². The molecule has 0 radical (unpaired) electrons. The largest absolute Gasteiger partial charge is 0.291 e. The Morgan fingerprint density at radius 1 is 0.815 bits per heavy atom. The molecule has 27 heavy (non-hydrogen) atoms. The SMILES string of the molecule is CC(C)(C)C#CC(C(=O)C(C)(c1ccccc1)c1ccccc1)=S(C)(C)=O. The predicted octanol–water partition coefficient (Wildman–Crippen LogP) is 4.33. The number of rotatable bonds is 4. The molecule has 2 rings (SSSR count). The Kier molecular flexibility index (Phi) is 6.02. The van der Waals surface area contributed by atoms with Crippen LogP contribution in [0.1, 0.15) is 38.8 Å². The summed E-state index contributed by atoms with van der Waals surface area (Å²) in [6.07, 6.45) is 3.18. The quantitative estimate of drug-likeness (QED) is 0.584. The minimum Gasteiger partial charge on any atom is -0.291 e. The maximum atomic E-state index is 13.8. The summed E-state index contributed by atoms with van der Waals surface area (Å²) in [5.74, 6) is 5.88. The molecule has 3 heteroatoms. The van der Waals surface area contributed by atoms with E-state index in [1.54, 1.807) is 12.5 Å². The topological polar surface area (TPSA) is 34.1 Å². The number of carbonyl (C=O) groups excluding carboxylic acids is 1. The van der Waals surface area contributed by atoms with Crippen molar-refractivity contribution in [2.45, 2.75) is 33.1 Å². The summed E-state index contributed by atoms with van der Waals surface area (Å²) in [4.78, 5) is 14.0. The molecule has 0 aliphatic rings. The Labute approximate surface area is 164 Å². The van der Waals surface area contributed by atoms with E-state index in [1.165, 1.54) is 0 Å². The Bertz CT molecular complexity index is 944. The zero-order valence-electron chi connectivity index (χ0n) is 17.0. The van der Waals surface area contributed by atoms with Crippen molar-refractivity contribution in [3.8, 4) is 11.8 Å². The monoisotopic (exact) mass is 380 g/mol. The fraction of sp³-hybridized carbons (Fsp3) is 0.333. The van der Waals surface area contributed by atoms with Crippen LogP contribution in [0.4, 0.5) is 0 Å². The molecular weight excluding hydrogens is 352 g/mol. The third-order valence-corrected chi connectivity index (χ3v) is 5.68. The van der Waals surface area contributed by atoms with Crippen LogP contribution < -0.4 is 0 Å². The second-order valence-corrected chi connectivity index (χ2v) is 11.1. The standard InChI is InChI=1S/C24H28O2S/c1-23(2,3)18-17-21(27(5,6)26)22(25)24(4,19-13-9-7-10-14-19)20-15-11-8-12-16-20/h7-16H,1-6H3. The van der Waals surface area contributed by atoms with Crippen LogP contribution in [0.5, 0.6) is 0 Å². The smallest absolute Gasteiger partial charge is 0.193 e. The van der Waals surface area contributed by atoms with E-state index in [0.29, 0.717) is 0 Å². The number of hydrogen-bond donors (Lipinski definition) is 0. The second-order valence-electron chi connectivity index (χ2n) is 8.25. The van der Waals surface area contributed by atoms with E-state index < -0.39 is 14.9 Å². The van der Waals surface area contributed by atoms with Gasteiger partial charge in [-0.25, -0.2) is 0 Å². The number of ketones is 1. The highest BCUT2D eigenvalue weighted by Crippen LogP contribution is 2.33. The lowest BCUT2D eigenvalue weighted by Crippen LogP contribution is -2.41. The molecule has 2 aromatic carbocycles. The molecule has 0 spiro atoms. The van der Waals surface area contributed by atoms with Crippen LogP contribution in [-0.2, 0) is 19.7 Å². The van der Waals surface area contributed by atoms with Crippen molar-refractivity contribution in [3.63, 3.8) is 0 Å². The van der Waals surface area contributed by atoms with E-state index in [-0.39, 0.29) is 16.1 Å². The third-order valence-electron chi connectivity index (χ3n) is 4.41. The highest BCUT2D eigenvalue weighted by molar-refractivity contribution is 8.02. The third kappa shape index (κ3) is 4.90. The van der Waals surface area contributed by atoms with Crippen LogP contribution in [-0.4, -0.2) is 27.4 Å². The summed E-state index contributed by atoms with van der Waals surface area (Å²) in [5.41, 5.74) is 0.477. The molecule has 0 unspecified atom stereocenters. The maximum absolute atomic E-state index is 13.8. The van der Waals surface area contributed by atoms with Gasteiger partial charge in [0.1, 0.15) is 4.86 Å². The molecule has 0 aliphatic carbocycles. The van der Waals surface area contributed by atoms with Gasteiger partial charge in [0.15, 0.2) is 5.78 Å². The van der Waals surface area contributed by atoms with Crippen molar-refractivity contribution in [2.75, 3.05) is 12.5 Å². The maximum Gasteiger partial charge on any atom is 0.193 e. The van der Waals surface area contributed by atoms with Crippen molar-refractivity contribution in [1.29, 1.82) is 0 Å². The van der Waals surface area contributed by atoms with E-state index in [2.05, 4.69) is 11.8 Å². The second kappa shape index (κ2) is 7.74. The molecule has 0 aliphatic heterocycles. The van der Waals surface area contributed by atoms with E-state index in [1.807, 2.05) is 88.4 Å². The lowest BCUT2D eigenvalue weighted by atomic mass is 9.72. The number of Topliss-reactive ketones (excluding diaryl/α,β-unsaturated/α-hetero) is 1. The van der Waals surface area contributed by atoms with Crippen LogP contribution in [0.25, 0.3) is 0 Å². The molecule has 2 aromatic rings. The Hall–Kier alpha value is -2.31. The zero-order chi connectivity index (χ0) is 20.3. The van der Waals surface area contributed by atoms with Gasteiger partial charge in [0.2, 0.25) is 0 Å². The summed E-state index contributed by atoms with van der Waals surface area (Å²) in [6.45, 7) is 7.82. The van der Waals surface area contributed by atoms with Crippen molar-refractivity contribution >= 4 is 20.2 Å². The van der Waals surface area contributed by atoms with Gasteiger partial charge in [-0.1, -0.05) is 72.5 Å². The molecule has 142 valence electrons. The highest BCUT2D eigenvalue weighted by Gasteiger charge is 2.39. The Morgan fingerprint density at radius 2 is 1.22 bits per heavy atom. The van der Waals surface area contributed by atoms with Gasteiger partial charge in [0.25, 0.3) is 0 Å². The number of benzene rings is 2. The molecule has 0 amide bonds. The first-order valence-corrected chi connectivity index (χ1v) is 11.3. The molecule has 0 fully saturated rings. The Balaban J connectivity index is 2.78. The highest BCUT2D eigenvalue weighted by atomic mass is 32.2. The van der Waals surface area contributed by atoms with Crippen LogP contribution in [0.3, 0.4) is 0 Å². The molecule has 0 bridgehead atoms. The minimum atomic E-state index is -2.54. The fourth-order valence-electron chi connectivity index (χ4n) is 2.85.